The quantitative estimate of drug-likeness (QED) is 0.363. The number of nitrogens with zero attached hydrogens (tertiary/aromatic N) is 2. The Bertz CT molecular complexity index is 879. The van der Waals surface area contributed by atoms with E-state index in [1.165, 1.54) is 12.2 Å². The lowest BCUT2D eigenvalue weighted by atomic mass is 9.86. The Morgan fingerprint density at radius 2 is 2.00 bits per heavy atom. The third-order valence-corrected chi connectivity index (χ3v) is 6.20. The molecule has 2 aliphatic rings. The maximum Gasteiger partial charge on any atom is 0.334 e. The number of terminal acetylenes is 1. The minimum Gasteiger partial charge on any atom is -0.467 e. The van der Waals surface area contributed by atoms with Gasteiger partial charge >= 0.3 is 5.97 Å². The summed E-state index contributed by atoms with van der Waals surface area (Å²) in [5.41, 5.74) is 2.08. The molecule has 2 fully saturated rings. The lowest BCUT2D eigenvalue weighted by Crippen LogP contribution is -2.63. The fraction of sp³-hybridized carbons (Fsp3) is 0.583. The van der Waals surface area contributed by atoms with Crippen molar-refractivity contribution >= 4 is 11.9 Å². The van der Waals surface area contributed by atoms with Crippen LogP contribution in [0.4, 0.5) is 0 Å². The number of aryl methyl sites for hydroxylation is 2. The van der Waals surface area contributed by atoms with E-state index >= 15 is 0 Å². The standard InChI is InChI=1S/C24H32N2O6/c1-6-19-15-17(2)14-18(3)20(19)16-21(27)26(32-22-8-7-13-31-22)24(23(28)29-4)9-11-25(30-5)12-10-24/h1,14-15,22H,7-13,16H2,2-5H3. The zero-order valence-electron chi connectivity index (χ0n) is 19.3. The van der Waals surface area contributed by atoms with Crippen LogP contribution < -0.4 is 0 Å². The molecule has 8 heteroatoms. The van der Waals surface area contributed by atoms with Crippen LogP contribution in [-0.4, -0.2) is 67.7 Å². The van der Waals surface area contributed by atoms with Crippen molar-refractivity contribution < 1.29 is 28.7 Å². The zero-order valence-corrected chi connectivity index (χ0v) is 19.3. The molecule has 1 atom stereocenters. The highest BCUT2D eigenvalue weighted by Gasteiger charge is 2.52. The number of benzene rings is 1. The van der Waals surface area contributed by atoms with E-state index in [1.54, 1.807) is 12.2 Å². The fourth-order valence-electron chi connectivity index (χ4n) is 4.45. The van der Waals surface area contributed by atoms with Gasteiger partial charge in [-0.25, -0.2) is 14.7 Å². The molecule has 0 aliphatic carbocycles. The maximum atomic E-state index is 13.7. The number of carbonyl (C=O) groups is 2. The van der Waals surface area contributed by atoms with Crippen molar-refractivity contribution in [2.75, 3.05) is 33.9 Å². The summed E-state index contributed by atoms with van der Waals surface area (Å²) in [6, 6.07) is 3.87. The lowest BCUT2D eigenvalue weighted by molar-refractivity contribution is -0.299. The topological polar surface area (TPSA) is 77.5 Å². The molecule has 2 heterocycles. The Morgan fingerprint density at radius 1 is 1.28 bits per heavy atom. The molecule has 2 aliphatic heterocycles. The Morgan fingerprint density at radius 3 is 2.56 bits per heavy atom. The molecule has 3 rings (SSSR count). The van der Waals surface area contributed by atoms with Crippen molar-refractivity contribution in [2.24, 2.45) is 0 Å². The van der Waals surface area contributed by atoms with E-state index in [0.29, 0.717) is 44.5 Å². The minimum atomic E-state index is -1.28. The van der Waals surface area contributed by atoms with Crippen molar-refractivity contribution in [3.8, 4) is 12.3 Å². The van der Waals surface area contributed by atoms with Crippen molar-refractivity contribution in [3.05, 3.63) is 34.4 Å². The van der Waals surface area contributed by atoms with Gasteiger partial charge in [-0.05, 0) is 55.9 Å². The van der Waals surface area contributed by atoms with Crippen LogP contribution in [0.3, 0.4) is 0 Å². The molecular weight excluding hydrogens is 412 g/mol. The molecule has 32 heavy (non-hydrogen) atoms. The molecule has 2 saturated heterocycles. The van der Waals surface area contributed by atoms with E-state index in [1.807, 2.05) is 26.0 Å². The third kappa shape index (κ3) is 4.97. The van der Waals surface area contributed by atoms with Gasteiger partial charge in [0, 0.05) is 25.1 Å². The molecule has 0 aromatic heterocycles. The number of hydroxylamine groups is 4. The highest BCUT2D eigenvalue weighted by molar-refractivity contribution is 5.89. The van der Waals surface area contributed by atoms with Gasteiger partial charge in [-0.3, -0.25) is 4.79 Å². The van der Waals surface area contributed by atoms with Crippen molar-refractivity contribution in [2.45, 2.75) is 57.8 Å². The average molecular weight is 445 g/mol. The molecule has 174 valence electrons. The van der Waals surface area contributed by atoms with Crippen LogP contribution in [0.1, 0.15) is 47.9 Å². The number of piperidine rings is 1. The highest BCUT2D eigenvalue weighted by atomic mass is 16.8. The molecule has 0 N–H and O–H groups in total. The Kier molecular flexibility index (Phi) is 7.91. The fourth-order valence-corrected chi connectivity index (χ4v) is 4.45. The molecule has 1 aromatic rings. The smallest absolute Gasteiger partial charge is 0.334 e. The monoisotopic (exact) mass is 444 g/mol. The van der Waals surface area contributed by atoms with Gasteiger partial charge in [0.25, 0.3) is 5.91 Å². The molecule has 1 unspecified atom stereocenters. The first kappa shape index (κ1) is 24.2. The second-order valence-corrected chi connectivity index (χ2v) is 8.30. The van der Waals surface area contributed by atoms with Crippen molar-refractivity contribution in [1.29, 1.82) is 0 Å². The van der Waals surface area contributed by atoms with E-state index < -0.39 is 17.8 Å². The van der Waals surface area contributed by atoms with E-state index in [2.05, 4.69) is 5.92 Å². The third-order valence-electron chi connectivity index (χ3n) is 6.20. The summed E-state index contributed by atoms with van der Waals surface area (Å²) in [6.07, 6.45) is 7.22. The molecular formula is C24H32N2O6. The second-order valence-electron chi connectivity index (χ2n) is 8.30. The summed E-state index contributed by atoms with van der Waals surface area (Å²) in [6.45, 7) is 5.33. The van der Waals surface area contributed by atoms with Gasteiger partial charge in [-0.2, -0.15) is 5.06 Å². The first-order valence-corrected chi connectivity index (χ1v) is 10.9. The molecule has 0 saturated carbocycles. The Balaban J connectivity index is 1.97. The van der Waals surface area contributed by atoms with E-state index in [0.717, 1.165) is 23.1 Å². The number of esters is 1. The number of rotatable bonds is 7. The van der Waals surface area contributed by atoms with Crippen molar-refractivity contribution in [1.82, 2.24) is 10.1 Å². The zero-order chi connectivity index (χ0) is 23.3. The van der Waals surface area contributed by atoms with Crippen LogP contribution in [0.25, 0.3) is 0 Å². The van der Waals surface area contributed by atoms with Gasteiger partial charge in [-0.15, -0.1) is 6.42 Å². The molecule has 1 aromatic carbocycles. The number of amides is 1. The Hall–Kier alpha value is -2.44. The molecule has 1 amide bonds. The van der Waals surface area contributed by atoms with Gasteiger partial charge < -0.3 is 14.3 Å². The summed E-state index contributed by atoms with van der Waals surface area (Å²) in [5.74, 6) is 1.80. The van der Waals surface area contributed by atoms with Gasteiger partial charge in [0.05, 0.1) is 27.2 Å². The normalized spacial score (nSPS) is 20.5. The van der Waals surface area contributed by atoms with Gasteiger partial charge in [0.15, 0.2) is 11.8 Å². The molecule has 0 bridgehead atoms. The number of hydrogen-bond donors (Lipinski definition) is 0. The minimum absolute atomic E-state index is 0.00506. The van der Waals surface area contributed by atoms with E-state index in [9.17, 15) is 9.59 Å². The largest absolute Gasteiger partial charge is 0.467 e. The van der Waals surface area contributed by atoms with Crippen LogP contribution in [0.15, 0.2) is 12.1 Å². The number of methoxy groups -OCH3 is 1. The number of hydrogen-bond acceptors (Lipinski definition) is 7. The van der Waals surface area contributed by atoms with Crippen molar-refractivity contribution in [3.63, 3.8) is 0 Å². The predicted octanol–water partition coefficient (Wildman–Crippen LogP) is 2.29. The lowest BCUT2D eigenvalue weighted by Gasteiger charge is -2.45. The second kappa shape index (κ2) is 10.5. The first-order valence-electron chi connectivity index (χ1n) is 10.9. The summed E-state index contributed by atoms with van der Waals surface area (Å²) in [7, 11) is 2.90. The van der Waals surface area contributed by atoms with E-state index in [-0.39, 0.29) is 12.3 Å². The number of ether oxygens (including phenoxy) is 2. The maximum absolute atomic E-state index is 13.7. The molecule has 8 nitrogen and oxygen atoms in total. The summed E-state index contributed by atoms with van der Waals surface area (Å²) < 4.78 is 10.8. The first-order chi connectivity index (χ1) is 15.3. The SMILES string of the molecule is C#Cc1cc(C)cc(C)c1CC(=O)N(OC1CCCO1)C1(C(=O)OC)CCN(OC)CC1. The van der Waals surface area contributed by atoms with E-state index in [4.69, 9.17) is 25.6 Å². The van der Waals surface area contributed by atoms with Crippen LogP contribution in [-0.2, 0) is 35.2 Å². The van der Waals surface area contributed by atoms with Crippen LogP contribution >= 0.6 is 0 Å². The predicted molar refractivity (Wildman–Crippen MR) is 117 cm³/mol. The van der Waals surface area contributed by atoms with Crippen LogP contribution in [0.2, 0.25) is 0 Å². The Labute approximate surface area is 189 Å². The molecule has 0 spiro atoms. The summed E-state index contributed by atoms with van der Waals surface area (Å²) in [5, 5.41) is 2.96. The summed E-state index contributed by atoms with van der Waals surface area (Å²) >= 11 is 0. The number of carbonyl (C=O) groups excluding carboxylic acids is 2. The van der Waals surface area contributed by atoms with Gasteiger partial charge in [0.1, 0.15) is 0 Å². The average Bonchev–Trinajstić information content (AvgIpc) is 3.31. The van der Waals surface area contributed by atoms with Gasteiger partial charge in [0.2, 0.25) is 0 Å². The summed E-state index contributed by atoms with van der Waals surface area (Å²) in [4.78, 5) is 38.1. The highest BCUT2D eigenvalue weighted by Crippen LogP contribution is 2.34. The van der Waals surface area contributed by atoms with Crippen LogP contribution in [0, 0.1) is 26.2 Å². The van der Waals surface area contributed by atoms with Crippen LogP contribution in [0.5, 0.6) is 0 Å². The molecule has 0 radical (unpaired) electrons. The van der Waals surface area contributed by atoms with Gasteiger partial charge in [-0.1, -0.05) is 12.0 Å².